The molecule has 9 heteroatoms. The summed E-state index contributed by atoms with van der Waals surface area (Å²) < 4.78 is 5.49. The zero-order chi connectivity index (χ0) is 27.4. The Morgan fingerprint density at radius 1 is 1.06 bits per heavy atom. The van der Waals surface area contributed by atoms with Crippen LogP contribution in [-0.4, -0.2) is 39.1 Å². The standard InChI is InChI=1S/C25H34N2O6S.C2H6/c1-14(2)15(3)11-22(33-17(5)28)24-27-21(13-34-24)23(30)26-19(10-16(4)25(31)32)12-18-6-8-20(29)9-7-18;1-2/h6-9,13-16,19,22,29H,10-12H2,1-5H3,(H,26,30)(H,31,32);1-2H3. The highest BCUT2D eigenvalue weighted by molar-refractivity contribution is 7.09. The van der Waals surface area contributed by atoms with Crippen molar-refractivity contribution in [2.24, 2.45) is 17.8 Å². The summed E-state index contributed by atoms with van der Waals surface area (Å²) >= 11 is 1.26. The lowest BCUT2D eigenvalue weighted by atomic mass is 9.92. The number of aliphatic carboxylic acids is 1. The third kappa shape index (κ3) is 10.4. The molecule has 200 valence electrons. The second-order valence-electron chi connectivity index (χ2n) is 9.14. The summed E-state index contributed by atoms with van der Waals surface area (Å²) in [5.74, 6) is -1.59. The Labute approximate surface area is 218 Å². The van der Waals surface area contributed by atoms with Crippen LogP contribution in [0.5, 0.6) is 5.75 Å². The number of amides is 1. The van der Waals surface area contributed by atoms with Crippen molar-refractivity contribution in [1.29, 1.82) is 0 Å². The predicted octanol–water partition coefficient (Wildman–Crippen LogP) is 5.61. The Hall–Kier alpha value is -2.94. The highest BCUT2D eigenvalue weighted by atomic mass is 32.1. The van der Waals surface area contributed by atoms with E-state index in [2.05, 4.69) is 31.1 Å². The van der Waals surface area contributed by atoms with Crippen LogP contribution in [0, 0.1) is 17.8 Å². The van der Waals surface area contributed by atoms with E-state index in [1.807, 2.05) is 13.8 Å². The van der Waals surface area contributed by atoms with Crippen LogP contribution in [0.15, 0.2) is 29.6 Å². The van der Waals surface area contributed by atoms with Gasteiger partial charge in [-0.15, -0.1) is 11.3 Å². The predicted molar refractivity (Wildman–Crippen MR) is 141 cm³/mol. The number of nitrogens with zero attached hydrogens (tertiary/aromatic N) is 1. The Bertz CT molecular complexity index is 973. The third-order valence-electron chi connectivity index (χ3n) is 5.88. The van der Waals surface area contributed by atoms with Crippen molar-refractivity contribution in [2.45, 2.75) is 79.9 Å². The van der Waals surface area contributed by atoms with E-state index in [9.17, 15) is 24.6 Å². The van der Waals surface area contributed by atoms with Gasteiger partial charge in [0.2, 0.25) is 0 Å². The molecule has 0 bridgehead atoms. The Balaban J connectivity index is 0.00000316. The van der Waals surface area contributed by atoms with Gasteiger partial charge in [0.05, 0.1) is 5.92 Å². The fourth-order valence-electron chi connectivity index (χ4n) is 3.45. The van der Waals surface area contributed by atoms with E-state index in [0.717, 1.165) is 5.56 Å². The van der Waals surface area contributed by atoms with Crippen molar-refractivity contribution >= 4 is 29.2 Å². The first-order valence-electron chi connectivity index (χ1n) is 12.4. The molecule has 3 N–H and O–H groups in total. The SMILES string of the molecule is CC.CC(=O)OC(CC(C)C(C)C)c1nc(C(=O)NC(Cc2ccc(O)cc2)CC(C)C(=O)O)cs1. The molecule has 0 aliphatic heterocycles. The van der Waals surface area contributed by atoms with E-state index in [-0.39, 0.29) is 23.8 Å². The van der Waals surface area contributed by atoms with Crippen LogP contribution in [-0.2, 0) is 20.7 Å². The summed E-state index contributed by atoms with van der Waals surface area (Å²) in [5.41, 5.74) is 1.06. The molecule has 2 rings (SSSR count). The Morgan fingerprint density at radius 3 is 2.19 bits per heavy atom. The molecule has 8 nitrogen and oxygen atoms in total. The quantitative estimate of drug-likeness (QED) is 0.310. The lowest BCUT2D eigenvalue weighted by Gasteiger charge is -2.22. The number of benzene rings is 1. The average Bonchev–Trinajstić information content (AvgIpc) is 3.31. The molecule has 0 fully saturated rings. The summed E-state index contributed by atoms with van der Waals surface area (Å²) in [5, 5.41) is 23.9. The first kappa shape index (κ1) is 31.1. The molecule has 0 spiro atoms. The van der Waals surface area contributed by atoms with E-state index < -0.39 is 35.9 Å². The number of thiazole rings is 1. The number of aromatic nitrogens is 1. The van der Waals surface area contributed by atoms with Crippen LogP contribution in [0.4, 0.5) is 0 Å². The number of nitrogens with one attached hydrogen (secondary N) is 1. The Kier molecular flexibility index (Phi) is 13.2. The number of hydrogen-bond donors (Lipinski definition) is 3. The number of carboxylic acids is 1. The second kappa shape index (κ2) is 15.2. The first-order valence-corrected chi connectivity index (χ1v) is 13.3. The van der Waals surface area contributed by atoms with Gasteiger partial charge in [-0.3, -0.25) is 14.4 Å². The van der Waals surface area contributed by atoms with Crippen molar-refractivity contribution in [3.8, 4) is 5.75 Å². The number of carboxylic acid groups (broad SMARTS) is 1. The van der Waals surface area contributed by atoms with Gasteiger partial charge in [-0.25, -0.2) is 4.98 Å². The number of phenols is 1. The number of ether oxygens (including phenoxy) is 1. The topological polar surface area (TPSA) is 126 Å². The number of aromatic hydroxyl groups is 1. The van der Waals surface area contributed by atoms with Gasteiger partial charge in [0, 0.05) is 18.3 Å². The van der Waals surface area contributed by atoms with Crippen LogP contribution >= 0.6 is 11.3 Å². The second-order valence-corrected chi connectivity index (χ2v) is 10.0. The zero-order valence-corrected chi connectivity index (χ0v) is 23.1. The van der Waals surface area contributed by atoms with E-state index in [1.54, 1.807) is 36.6 Å². The normalized spacial score (nSPS) is 14.1. The van der Waals surface area contributed by atoms with Crippen LogP contribution in [0.1, 0.15) is 88.5 Å². The molecule has 0 aliphatic carbocycles. The van der Waals surface area contributed by atoms with Gasteiger partial charge >= 0.3 is 11.9 Å². The van der Waals surface area contributed by atoms with Gasteiger partial charge in [-0.1, -0.05) is 53.7 Å². The molecule has 4 atom stereocenters. The van der Waals surface area contributed by atoms with E-state index >= 15 is 0 Å². The molecule has 0 radical (unpaired) electrons. The van der Waals surface area contributed by atoms with Crippen LogP contribution in [0.3, 0.4) is 0 Å². The smallest absolute Gasteiger partial charge is 0.306 e. The molecule has 1 amide bonds. The largest absolute Gasteiger partial charge is 0.508 e. The summed E-state index contributed by atoms with van der Waals surface area (Å²) in [6.07, 6.45) is 0.718. The summed E-state index contributed by atoms with van der Waals surface area (Å²) in [6, 6.07) is 6.13. The lowest BCUT2D eigenvalue weighted by Crippen LogP contribution is -2.38. The van der Waals surface area contributed by atoms with Gasteiger partial charge in [0.15, 0.2) is 6.10 Å². The average molecular weight is 521 g/mol. The van der Waals surface area contributed by atoms with Crippen LogP contribution in [0.25, 0.3) is 0 Å². The molecule has 0 aliphatic rings. The monoisotopic (exact) mass is 520 g/mol. The zero-order valence-electron chi connectivity index (χ0n) is 22.3. The molecule has 0 saturated carbocycles. The number of phenolic OH excluding ortho intramolecular Hbond substituents is 1. The maximum atomic E-state index is 13.0. The van der Waals surface area contributed by atoms with Gasteiger partial charge in [0.1, 0.15) is 16.5 Å². The minimum absolute atomic E-state index is 0.132. The highest BCUT2D eigenvalue weighted by Crippen LogP contribution is 2.31. The number of carbonyl (C=O) groups is 3. The van der Waals surface area contributed by atoms with Crippen molar-refractivity contribution in [2.75, 3.05) is 0 Å². The van der Waals surface area contributed by atoms with Gasteiger partial charge in [-0.2, -0.15) is 0 Å². The Morgan fingerprint density at radius 2 is 1.67 bits per heavy atom. The molecule has 1 aromatic carbocycles. The van der Waals surface area contributed by atoms with Crippen molar-refractivity contribution < 1.29 is 29.3 Å². The van der Waals surface area contributed by atoms with Gasteiger partial charge in [0.25, 0.3) is 5.91 Å². The maximum absolute atomic E-state index is 13.0. The van der Waals surface area contributed by atoms with Gasteiger partial charge < -0.3 is 20.3 Å². The van der Waals surface area contributed by atoms with Crippen molar-refractivity contribution in [3.63, 3.8) is 0 Å². The first-order chi connectivity index (χ1) is 17.0. The van der Waals surface area contributed by atoms with Gasteiger partial charge in [-0.05, 0) is 48.8 Å². The summed E-state index contributed by atoms with van der Waals surface area (Å²) in [7, 11) is 0. The molecular weight excluding hydrogens is 480 g/mol. The number of rotatable bonds is 12. The third-order valence-corrected chi connectivity index (χ3v) is 6.81. The summed E-state index contributed by atoms with van der Waals surface area (Å²) in [4.78, 5) is 40.4. The van der Waals surface area contributed by atoms with Crippen LogP contribution < -0.4 is 5.32 Å². The van der Waals surface area contributed by atoms with Crippen LogP contribution in [0.2, 0.25) is 0 Å². The molecular formula is C27H40N2O6S. The molecule has 1 heterocycles. The summed E-state index contributed by atoms with van der Waals surface area (Å²) in [6.45, 7) is 13.2. The van der Waals surface area contributed by atoms with E-state index in [4.69, 9.17) is 4.74 Å². The molecule has 1 aromatic heterocycles. The number of esters is 1. The molecule has 4 unspecified atom stereocenters. The van der Waals surface area contributed by atoms with E-state index in [1.165, 1.54) is 18.3 Å². The minimum atomic E-state index is -0.940. The van der Waals surface area contributed by atoms with E-state index in [0.29, 0.717) is 23.8 Å². The van der Waals surface area contributed by atoms with Crippen molar-refractivity contribution in [1.82, 2.24) is 10.3 Å². The number of carbonyl (C=O) groups excluding carboxylic acids is 2. The van der Waals surface area contributed by atoms with Crippen molar-refractivity contribution in [3.05, 3.63) is 45.9 Å². The lowest BCUT2D eigenvalue weighted by molar-refractivity contribution is -0.147. The minimum Gasteiger partial charge on any atom is -0.508 e. The fraction of sp³-hybridized carbons (Fsp3) is 0.556. The molecule has 0 saturated heterocycles. The fourth-order valence-corrected chi connectivity index (χ4v) is 4.29. The molecule has 36 heavy (non-hydrogen) atoms. The highest BCUT2D eigenvalue weighted by Gasteiger charge is 2.26. The molecule has 2 aromatic rings. The maximum Gasteiger partial charge on any atom is 0.306 e. The number of hydrogen-bond acceptors (Lipinski definition) is 7.